The van der Waals surface area contributed by atoms with E-state index in [0.29, 0.717) is 31.3 Å². The van der Waals surface area contributed by atoms with Crippen LogP contribution in [0.5, 0.6) is 0 Å². The van der Waals surface area contributed by atoms with Gasteiger partial charge >= 0.3 is 5.97 Å². The first-order chi connectivity index (χ1) is 11.0. The molecule has 2 rings (SSSR count). The number of nitrogens with one attached hydrogen (secondary N) is 1. The van der Waals surface area contributed by atoms with Crippen LogP contribution in [0.25, 0.3) is 0 Å². The molecule has 9 heteroatoms. The molecular weight excluding hydrogens is 381 g/mol. The van der Waals surface area contributed by atoms with Gasteiger partial charge in [-0.1, -0.05) is 46.0 Å². The summed E-state index contributed by atoms with van der Waals surface area (Å²) in [5, 5.41) is 10.5. The van der Waals surface area contributed by atoms with Crippen molar-refractivity contribution in [1.82, 2.24) is 0 Å². The maximum absolute atomic E-state index is 11.6. The fraction of sp³-hybridized carbons (Fsp3) is 0.0714. The average molecular weight is 391 g/mol. The highest BCUT2D eigenvalue weighted by molar-refractivity contribution is 7.11. The summed E-state index contributed by atoms with van der Waals surface area (Å²) in [5.41, 5.74) is 3.58. The smallest absolute Gasteiger partial charge is 0.312 e. The van der Waals surface area contributed by atoms with Crippen molar-refractivity contribution in [3.63, 3.8) is 0 Å². The van der Waals surface area contributed by atoms with Gasteiger partial charge in [-0.25, -0.2) is 4.79 Å². The van der Waals surface area contributed by atoms with Crippen molar-refractivity contribution >= 4 is 69.7 Å². The van der Waals surface area contributed by atoms with Crippen molar-refractivity contribution in [3.05, 3.63) is 49.6 Å². The Morgan fingerprint density at radius 1 is 1.30 bits per heavy atom. The second-order valence-electron chi connectivity index (χ2n) is 4.20. The summed E-state index contributed by atoms with van der Waals surface area (Å²) >= 11 is 19.1. The van der Waals surface area contributed by atoms with Crippen molar-refractivity contribution in [2.75, 3.05) is 5.43 Å². The number of thiophene rings is 1. The highest BCUT2D eigenvalue weighted by Gasteiger charge is 2.08. The number of carbonyl (C=O) groups is 1. The van der Waals surface area contributed by atoms with E-state index in [4.69, 9.17) is 39.6 Å². The van der Waals surface area contributed by atoms with E-state index < -0.39 is 5.97 Å². The molecule has 5 nitrogen and oxygen atoms in total. The number of halogens is 3. The van der Waals surface area contributed by atoms with E-state index in [-0.39, 0.29) is 0 Å². The van der Waals surface area contributed by atoms with Gasteiger partial charge in [0, 0.05) is 5.02 Å². The summed E-state index contributed by atoms with van der Waals surface area (Å²) < 4.78 is 0. The van der Waals surface area contributed by atoms with Gasteiger partial charge in [-0.2, -0.15) is 5.10 Å². The molecule has 1 heterocycles. The Morgan fingerprint density at radius 3 is 2.61 bits per heavy atom. The van der Waals surface area contributed by atoms with Crippen LogP contribution < -0.4 is 5.43 Å². The predicted octanol–water partition coefficient (Wildman–Crippen LogP) is 5.34. The zero-order valence-corrected chi connectivity index (χ0v) is 14.8. The van der Waals surface area contributed by atoms with E-state index >= 15 is 0 Å². The van der Waals surface area contributed by atoms with E-state index in [2.05, 4.69) is 15.7 Å². The van der Waals surface area contributed by atoms with Gasteiger partial charge in [0.2, 0.25) is 0 Å². The molecule has 1 N–H and O–H groups in total. The molecule has 0 saturated heterocycles. The van der Waals surface area contributed by atoms with Crippen LogP contribution >= 0.6 is 46.1 Å². The van der Waals surface area contributed by atoms with Gasteiger partial charge < -0.3 is 4.84 Å². The number of anilines is 1. The molecule has 0 bridgehead atoms. The van der Waals surface area contributed by atoms with Gasteiger partial charge in [-0.3, -0.25) is 5.43 Å². The molecular formula is C14H10Cl3N3O2S. The number of rotatable bonds is 5. The van der Waals surface area contributed by atoms with Crippen LogP contribution in [0.3, 0.4) is 0 Å². The minimum atomic E-state index is -0.527. The maximum Gasteiger partial charge on any atom is 0.375 e. The lowest BCUT2D eigenvalue weighted by Gasteiger charge is -2.06. The summed E-state index contributed by atoms with van der Waals surface area (Å²) in [6.45, 7) is 1.66. The van der Waals surface area contributed by atoms with Crippen molar-refractivity contribution in [3.8, 4) is 0 Å². The third-order valence-corrected chi connectivity index (χ3v) is 4.11. The molecule has 0 radical (unpaired) electrons. The fourth-order valence-corrected chi connectivity index (χ4v) is 2.91. The number of nitrogens with zero attached hydrogens (tertiary/aromatic N) is 2. The van der Waals surface area contributed by atoms with Crippen molar-refractivity contribution in [2.24, 2.45) is 10.3 Å². The topological polar surface area (TPSA) is 63.0 Å². The SMILES string of the molecule is CC(C=NOC(=O)c1cccs1)=NNc1c(Cl)cc(Cl)cc1Cl. The van der Waals surface area contributed by atoms with Gasteiger partial charge in [-0.15, -0.1) is 11.3 Å². The molecule has 0 saturated carbocycles. The molecule has 1 aromatic heterocycles. The molecule has 0 atom stereocenters. The summed E-state index contributed by atoms with van der Waals surface area (Å²) in [6, 6.07) is 6.48. The average Bonchev–Trinajstić information content (AvgIpc) is 3.00. The van der Waals surface area contributed by atoms with E-state index in [9.17, 15) is 4.79 Å². The lowest BCUT2D eigenvalue weighted by atomic mass is 10.3. The number of carbonyl (C=O) groups excluding carboxylic acids is 1. The van der Waals surface area contributed by atoms with Crippen molar-refractivity contribution < 1.29 is 9.63 Å². The second kappa shape index (κ2) is 8.31. The Hall–Kier alpha value is -1.60. The molecule has 0 aliphatic rings. The Balaban J connectivity index is 1.95. The van der Waals surface area contributed by atoms with E-state index in [0.717, 1.165) is 0 Å². The minimum Gasteiger partial charge on any atom is -0.312 e. The van der Waals surface area contributed by atoms with Crippen LogP contribution in [0.15, 0.2) is 39.9 Å². The predicted molar refractivity (Wildman–Crippen MR) is 96.4 cm³/mol. The number of hydrogen-bond acceptors (Lipinski definition) is 6. The summed E-state index contributed by atoms with van der Waals surface area (Å²) in [7, 11) is 0. The van der Waals surface area contributed by atoms with Gasteiger partial charge in [0.05, 0.1) is 27.7 Å². The van der Waals surface area contributed by atoms with Gasteiger partial charge in [0.1, 0.15) is 4.88 Å². The first-order valence-electron chi connectivity index (χ1n) is 6.20. The van der Waals surface area contributed by atoms with Crippen molar-refractivity contribution in [1.29, 1.82) is 0 Å². The first-order valence-corrected chi connectivity index (χ1v) is 8.22. The molecule has 0 fully saturated rings. The van der Waals surface area contributed by atoms with Gasteiger partial charge in [0.15, 0.2) is 0 Å². The standard InChI is InChI=1S/C14H10Cl3N3O2S/c1-8(7-18-22-14(21)12-3-2-4-23-12)19-20-13-10(16)5-9(15)6-11(13)17/h2-7,20H,1H3. The van der Waals surface area contributed by atoms with Crippen LogP contribution in [0, 0.1) is 0 Å². The number of hydrogen-bond donors (Lipinski definition) is 1. The molecule has 23 heavy (non-hydrogen) atoms. The van der Waals surface area contributed by atoms with E-state index in [1.54, 1.807) is 36.6 Å². The lowest BCUT2D eigenvalue weighted by Crippen LogP contribution is -2.02. The summed E-state index contributed by atoms with van der Waals surface area (Å²) in [5.74, 6) is -0.527. The fourth-order valence-electron chi connectivity index (χ4n) is 1.41. The number of benzene rings is 1. The van der Waals surface area contributed by atoms with Crippen LogP contribution in [-0.2, 0) is 4.84 Å². The number of oxime groups is 1. The van der Waals surface area contributed by atoms with Crippen LogP contribution in [0.2, 0.25) is 15.1 Å². The Kier molecular flexibility index (Phi) is 6.41. The molecule has 0 aliphatic heterocycles. The monoisotopic (exact) mass is 389 g/mol. The minimum absolute atomic E-state index is 0.333. The number of hydrazone groups is 1. The van der Waals surface area contributed by atoms with E-state index in [1.807, 2.05) is 0 Å². The lowest BCUT2D eigenvalue weighted by molar-refractivity contribution is 0.0525. The largest absolute Gasteiger partial charge is 0.375 e. The summed E-state index contributed by atoms with van der Waals surface area (Å²) in [6.07, 6.45) is 1.29. The van der Waals surface area contributed by atoms with Crippen LogP contribution in [0.4, 0.5) is 5.69 Å². The molecule has 0 unspecified atom stereocenters. The molecule has 2 aromatic rings. The van der Waals surface area contributed by atoms with Gasteiger partial charge in [0.25, 0.3) is 0 Å². The van der Waals surface area contributed by atoms with Crippen LogP contribution in [-0.4, -0.2) is 17.9 Å². The zero-order chi connectivity index (χ0) is 16.8. The Labute approximate surface area is 151 Å². The molecule has 1 aromatic carbocycles. The maximum atomic E-state index is 11.6. The summed E-state index contributed by atoms with van der Waals surface area (Å²) in [4.78, 5) is 16.8. The van der Waals surface area contributed by atoms with Crippen molar-refractivity contribution in [2.45, 2.75) is 6.92 Å². The van der Waals surface area contributed by atoms with Gasteiger partial charge in [-0.05, 0) is 30.5 Å². The molecule has 0 aliphatic carbocycles. The Morgan fingerprint density at radius 2 is 2.00 bits per heavy atom. The first kappa shape index (κ1) is 17.7. The van der Waals surface area contributed by atoms with Crippen LogP contribution in [0.1, 0.15) is 16.6 Å². The highest BCUT2D eigenvalue weighted by Crippen LogP contribution is 2.33. The highest BCUT2D eigenvalue weighted by atomic mass is 35.5. The third-order valence-electron chi connectivity index (χ3n) is 2.45. The molecule has 0 spiro atoms. The van der Waals surface area contributed by atoms with E-state index in [1.165, 1.54) is 17.6 Å². The molecule has 0 amide bonds. The zero-order valence-electron chi connectivity index (χ0n) is 11.7. The second-order valence-corrected chi connectivity index (χ2v) is 6.40. The third kappa shape index (κ3) is 5.21. The quantitative estimate of drug-likeness (QED) is 0.426. The normalized spacial score (nSPS) is 11.7. The Bertz CT molecular complexity index is 738. The molecule has 120 valence electrons.